The molecule has 1 fully saturated rings. The molecule has 7 heteroatoms. The summed E-state index contributed by atoms with van der Waals surface area (Å²) >= 11 is 0. The van der Waals surface area contributed by atoms with Gasteiger partial charge in [-0.05, 0) is 19.3 Å². The van der Waals surface area contributed by atoms with E-state index in [1.165, 1.54) is 6.92 Å². The monoisotopic (exact) mass is 294 g/mol. The lowest BCUT2D eigenvalue weighted by atomic mass is 9.87. The maximum atomic E-state index is 12.7. The van der Waals surface area contributed by atoms with Gasteiger partial charge >= 0.3 is 6.18 Å². The number of piperazine rings is 1. The van der Waals surface area contributed by atoms with Crippen LogP contribution in [0.5, 0.6) is 0 Å². The van der Waals surface area contributed by atoms with Gasteiger partial charge in [0.25, 0.3) is 0 Å². The van der Waals surface area contributed by atoms with E-state index in [9.17, 15) is 22.8 Å². The van der Waals surface area contributed by atoms with Crippen LogP contribution in [0.1, 0.15) is 40.5 Å². The average Bonchev–Trinajstić information content (AvgIpc) is 2.33. The highest BCUT2D eigenvalue weighted by Gasteiger charge is 2.51. The summed E-state index contributed by atoms with van der Waals surface area (Å²) in [6.07, 6.45) is -3.75. The van der Waals surface area contributed by atoms with Crippen molar-refractivity contribution in [3.05, 3.63) is 0 Å². The van der Waals surface area contributed by atoms with Crippen molar-refractivity contribution < 1.29 is 22.8 Å². The lowest BCUT2D eigenvalue weighted by molar-refractivity contribution is -0.180. The van der Waals surface area contributed by atoms with Gasteiger partial charge in [0.1, 0.15) is 18.1 Å². The highest BCUT2D eigenvalue weighted by molar-refractivity contribution is 5.99. The van der Waals surface area contributed by atoms with E-state index in [2.05, 4.69) is 5.32 Å². The molecule has 0 spiro atoms. The van der Waals surface area contributed by atoms with Crippen LogP contribution in [0.15, 0.2) is 0 Å². The van der Waals surface area contributed by atoms with Crippen LogP contribution in [0.25, 0.3) is 0 Å². The van der Waals surface area contributed by atoms with E-state index < -0.39 is 36.1 Å². The Morgan fingerprint density at radius 3 is 2.30 bits per heavy atom. The second-order valence-corrected chi connectivity index (χ2v) is 5.55. The normalized spacial score (nSPS) is 29.4. The van der Waals surface area contributed by atoms with Gasteiger partial charge in [-0.15, -0.1) is 0 Å². The number of amides is 2. The Kier molecular flexibility index (Phi) is 4.71. The summed E-state index contributed by atoms with van der Waals surface area (Å²) in [5.41, 5.74) is -1.26. The van der Waals surface area contributed by atoms with Gasteiger partial charge in [0.15, 0.2) is 0 Å². The van der Waals surface area contributed by atoms with E-state index >= 15 is 0 Å². The Morgan fingerprint density at radius 1 is 1.35 bits per heavy atom. The number of carbonyl (C=O) groups is 2. The molecule has 0 bridgehead atoms. The first-order chi connectivity index (χ1) is 9.05. The summed E-state index contributed by atoms with van der Waals surface area (Å²) in [5.74, 6) is -1.50. The zero-order valence-corrected chi connectivity index (χ0v) is 12.2. The maximum Gasteiger partial charge on any atom is 0.406 e. The third-order valence-electron chi connectivity index (χ3n) is 3.98. The van der Waals surface area contributed by atoms with E-state index in [1.54, 1.807) is 20.8 Å². The van der Waals surface area contributed by atoms with Crippen molar-refractivity contribution in [3.63, 3.8) is 0 Å². The molecule has 116 valence electrons. The number of halogens is 3. The summed E-state index contributed by atoms with van der Waals surface area (Å²) < 4.78 is 38.1. The van der Waals surface area contributed by atoms with Crippen LogP contribution in [-0.4, -0.2) is 41.0 Å². The highest BCUT2D eigenvalue weighted by Crippen LogP contribution is 2.29. The molecular weight excluding hydrogens is 273 g/mol. The van der Waals surface area contributed by atoms with Crippen LogP contribution < -0.4 is 5.32 Å². The van der Waals surface area contributed by atoms with Gasteiger partial charge in [-0.25, -0.2) is 0 Å². The van der Waals surface area contributed by atoms with Crippen LogP contribution >= 0.6 is 0 Å². The van der Waals surface area contributed by atoms with E-state index in [0.717, 1.165) is 0 Å². The second kappa shape index (κ2) is 5.61. The SMILES string of the molecule is CCC(C)C1C(=O)NC(C)(CC)C(=O)N1CC(F)(F)F. The molecule has 0 aromatic carbocycles. The number of carbonyl (C=O) groups excluding carboxylic acids is 2. The minimum atomic E-state index is -4.52. The van der Waals surface area contributed by atoms with Gasteiger partial charge in [-0.3, -0.25) is 9.59 Å². The fraction of sp³-hybridized carbons (Fsp3) is 0.846. The van der Waals surface area contributed by atoms with Gasteiger partial charge in [0.05, 0.1) is 0 Å². The van der Waals surface area contributed by atoms with Crippen molar-refractivity contribution in [1.29, 1.82) is 0 Å². The molecule has 0 radical (unpaired) electrons. The molecule has 0 aromatic rings. The molecule has 0 aliphatic carbocycles. The van der Waals surface area contributed by atoms with Gasteiger partial charge < -0.3 is 10.2 Å². The van der Waals surface area contributed by atoms with E-state index in [1.807, 2.05) is 0 Å². The molecule has 20 heavy (non-hydrogen) atoms. The molecule has 1 aliphatic rings. The van der Waals surface area contributed by atoms with Crippen LogP contribution in [0.3, 0.4) is 0 Å². The first kappa shape index (κ1) is 16.8. The van der Waals surface area contributed by atoms with E-state index in [4.69, 9.17) is 0 Å². The summed E-state index contributed by atoms with van der Waals surface area (Å²) in [6, 6.07) is -1.06. The van der Waals surface area contributed by atoms with Gasteiger partial charge in [-0.1, -0.05) is 27.2 Å². The predicted molar refractivity (Wildman–Crippen MR) is 67.8 cm³/mol. The summed E-state index contributed by atoms with van der Waals surface area (Å²) in [6.45, 7) is 5.19. The Labute approximate surface area is 116 Å². The molecule has 1 saturated heterocycles. The van der Waals surface area contributed by atoms with Crippen molar-refractivity contribution >= 4 is 11.8 Å². The van der Waals surface area contributed by atoms with E-state index in [-0.39, 0.29) is 12.3 Å². The Bertz CT molecular complexity index is 398. The standard InChI is InChI=1S/C13H21F3N2O2/c1-5-8(3)9-10(19)17-12(4,6-2)11(20)18(9)7-13(14,15)16/h8-9H,5-7H2,1-4H3,(H,17,19). The molecule has 1 aliphatic heterocycles. The largest absolute Gasteiger partial charge is 0.406 e. The van der Waals surface area contributed by atoms with Crippen molar-refractivity contribution in [2.45, 2.75) is 58.3 Å². The zero-order valence-electron chi connectivity index (χ0n) is 12.2. The first-order valence-corrected chi connectivity index (χ1v) is 6.75. The summed E-state index contributed by atoms with van der Waals surface area (Å²) in [4.78, 5) is 25.2. The Balaban J connectivity index is 3.17. The highest BCUT2D eigenvalue weighted by atomic mass is 19.4. The van der Waals surface area contributed by atoms with Gasteiger partial charge in [0, 0.05) is 0 Å². The molecule has 1 heterocycles. The zero-order chi connectivity index (χ0) is 15.7. The van der Waals surface area contributed by atoms with Crippen molar-refractivity contribution in [3.8, 4) is 0 Å². The minimum Gasteiger partial charge on any atom is -0.340 e. The number of rotatable bonds is 4. The molecule has 3 unspecified atom stereocenters. The molecule has 1 N–H and O–H groups in total. The summed E-state index contributed by atoms with van der Waals surface area (Å²) in [7, 11) is 0. The maximum absolute atomic E-state index is 12.7. The number of nitrogens with one attached hydrogen (secondary N) is 1. The van der Waals surface area contributed by atoms with Crippen LogP contribution in [-0.2, 0) is 9.59 Å². The second-order valence-electron chi connectivity index (χ2n) is 5.55. The molecule has 2 amide bonds. The molecule has 4 nitrogen and oxygen atoms in total. The number of hydrogen-bond acceptors (Lipinski definition) is 2. The minimum absolute atomic E-state index is 0.249. The lowest BCUT2D eigenvalue weighted by Gasteiger charge is -2.46. The molecule has 3 atom stereocenters. The van der Waals surface area contributed by atoms with Crippen molar-refractivity contribution in [2.75, 3.05) is 6.54 Å². The lowest BCUT2D eigenvalue weighted by Crippen LogP contribution is -2.71. The van der Waals surface area contributed by atoms with Gasteiger partial charge in [-0.2, -0.15) is 13.2 Å². The number of hydrogen-bond donors (Lipinski definition) is 1. The fourth-order valence-corrected chi connectivity index (χ4v) is 2.38. The third-order valence-corrected chi connectivity index (χ3v) is 3.98. The van der Waals surface area contributed by atoms with Crippen molar-refractivity contribution in [2.24, 2.45) is 5.92 Å². The first-order valence-electron chi connectivity index (χ1n) is 6.75. The number of alkyl halides is 3. The summed E-state index contributed by atoms with van der Waals surface area (Å²) in [5, 5.41) is 2.58. The van der Waals surface area contributed by atoms with E-state index in [0.29, 0.717) is 11.3 Å². The average molecular weight is 294 g/mol. The molecule has 0 aromatic heterocycles. The smallest absolute Gasteiger partial charge is 0.340 e. The Morgan fingerprint density at radius 2 is 1.90 bits per heavy atom. The van der Waals surface area contributed by atoms with Gasteiger partial charge in [0.2, 0.25) is 11.8 Å². The fourth-order valence-electron chi connectivity index (χ4n) is 2.38. The topological polar surface area (TPSA) is 49.4 Å². The Hall–Kier alpha value is -1.27. The number of nitrogens with zero attached hydrogens (tertiary/aromatic N) is 1. The quantitative estimate of drug-likeness (QED) is 0.863. The molecule has 1 rings (SSSR count). The van der Waals surface area contributed by atoms with Crippen LogP contribution in [0.4, 0.5) is 13.2 Å². The van der Waals surface area contributed by atoms with Crippen molar-refractivity contribution in [1.82, 2.24) is 10.2 Å². The third kappa shape index (κ3) is 3.24. The van der Waals surface area contributed by atoms with Crippen LogP contribution in [0.2, 0.25) is 0 Å². The molecule has 0 saturated carbocycles. The predicted octanol–water partition coefficient (Wildman–Crippen LogP) is 2.09. The van der Waals surface area contributed by atoms with Crippen LogP contribution in [0, 0.1) is 5.92 Å². The molecular formula is C13H21F3N2O2.